The Hall–Kier alpha value is -3.76. The second-order valence-electron chi connectivity index (χ2n) is 9.01. The fourth-order valence-electron chi connectivity index (χ4n) is 4.07. The number of fused-ring (bicyclic) bond motifs is 1. The third-order valence-electron chi connectivity index (χ3n) is 6.24. The van der Waals surface area contributed by atoms with E-state index in [0.717, 1.165) is 25.0 Å². The summed E-state index contributed by atoms with van der Waals surface area (Å²) in [6.07, 6.45) is 5.09. The summed E-state index contributed by atoms with van der Waals surface area (Å²) in [4.78, 5) is 15.1. The van der Waals surface area contributed by atoms with Crippen molar-refractivity contribution in [2.45, 2.75) is 25.0 Å². The van der Waals surface area contributed by atoms with Crippen LogP contribution in [0.5, 0.6) is 11.5 Å². The number of methoxy groups -OCH3 is 1. The van der Waals surface area contributed by atoms with Gasteiger partial charge in [0.05, 0.1) is 35.2 Å². The quantitative estimate of drug-likeness (QED) is 0.292. The lowest BCUT2D eigenvalue weighted by atomic mass is 9.88. The second-order valence-corrected chi connectivity index (χ2v) is 9.42. The summed E-state index contributed by atoms with van der Waals surface area (Å²) >= 11 is 6.54. The van der Waals surface area contributed by atoms with Crippen LogP contribution in [-0.4, -0.2) is 53.2 Å². The van der Waals surface area contributed by atoms with E-state index in [9.17, 15) is 8.78 Å². The van der Waals surface area contributed by atoms with Crippen LogP contribution in [0.3, 0.4) is 0 Å². The molecular formula is C26H25ClF2N6O2. The fourth-order valence-corrected chi connectivity index (χ4v) is 4.27. The molecule has 1 aliphatic carbocycles. The van der Waals surface area contributed by atoms with Gasteiger partial charge in [0.2, 0.25) is 5.95 Å². The Balaban J connectivity index is 1.30. The zero-order valence-electron chi connectivity index (χ0n) is 20.4. The van der Waals surface area contributed by atoms with E-state index in [4.69, 9.17) is 21.1 Å². The van der Waals surface area contributed by atoms with Crippen molar-refractivity contribution >= 4 is 45.6 Å². The molecule has 0 aliphatic heterocycles. The predicted octanol–water partition coefficient (Wildman–Crippen LogP) is 5.92. The number of benzene rings is 2. The van der Waals surface area contributed by atoms with Crippen LogP contribution in [0.2, 0.25) is 5.02 Å². The summed E-state index contributed by atoms with van der Waals surface area (Å²) < 4.78 is 38.7. The van der Waals surface area contributed by atoms with Gasteiger partial charge in [0, 0.05) is 35.8 Å². The lowest BCUT2D eigenvalue weighted by Crippen LogP contribution is -2.46. The zero-order chi connectivity index (χ0) is 26.1. The summed E-state index contributed by atoms with van der Waals surface area (Å²) in [7, 11) is 5.70. The zero-order valence-corrected chi connectivity index (χ0v) is 21.2. The molecule has 11 heteroatoms. The summed E-state index contributed by atoms with van der Waals surface area (Å²) in [5.41, 5.74) is 1.45. The molecule has 2 aromatic carbocycles. The SMILES string of the molecule is COc1cc(Nc2nccc(Nc3cnc4cc(F)c(F)cc4c3)n2)c(Cl)cc1OC1CC(N(C)C)C1. The van der Waals surface area contributed by atoms with Gasteiger partial charge in [-0.15, -0.1) is 0 Å². The van der Waals surface area contributed by atoms with E-state index < -0.39 is 11.6 Å². The molecule has 192 valence electrons. The minimum absolute atomic E-state index is 0.113. The van der Waals surface area contributed by atoms with Gasteiger partial charge in [0.25, 0.3) is 0 Å². The number of aromatic nitrogens is 3. The van der Waals surface area contributed by atoms with Crippen molar-refractivity contribution < 1.29 is 18.3 Å². The molecule has 0 radical (unpaired) electrons. The van der Waals surface area contributed by atoms with Gasteiger partial charge in [0.1, 0.15) is 11.9 Å². The van der Waals surface area contributed by atoms with Crippen molar-refractivity contribution in [1.29, 1.82) is 0 Å². The minimum Gasteiger partial charge on any atom is -0.493 e. The number of ether oxygens (including phenoxy) is 2. The Labute approximate surface area is 217 Å². The van der Waals surface area contributed by atoms with Crippen molar-refractivity contribution in [3.05, 3.63) is 65.4 Å². The molecule has 1 fully saturated rings. The standard InChI is InChI=1S/C26H25ClF2N6O2/c1-35(2)16-8-17(9-16)37-24-10-18(27)22(12-23(24)36-3)33-26-30-5-4-25(34-26)32-15-6-14-7-19(28)20(29)11-21(14)31-13-15/h4-7,10-13,16-17H,8-9H2,1-3H3,(H2,30,32,33,34). The second kappa shape index (κ2) is 10.3. The molecule has 0 atom stereocenters. The molecule has 37 heavy (non-hydrogen) atoms. The van der Waals surface area contributed by atoms with Gasteiger partial charge in [-0.1, -0.05) is 11.6 Å². The van der Waals surface area contributed by atoms with Crippen LogP contribution in [0.25, 0.3) is 10.9 Å². The van der Waals surface area contributed by atoms with Crippen LogP contribution in [0.15, 0.2) is 48.8 Å². The van der Waals surface area contributed by atoms with E-state index >= 15 is 0 Å². The maximum atomic E-state index is 13.6. The number of rotatable bonds is 8. The fraction of sp³-hybridized carbons (Fsp3) is 0.269. The van der Waals surface area contributed by atoms with Crippen molar-refractivity contribution in [1.82, 2.24) is 19.9 Å². The first-order valence-electron chi connectivity index (χ1n) is 11.6. The maximum absolute atomic E-state index is 13.6. The molecule has 2 heterocycles. The summed E-state index contributed by atoms with van der Waals surface area (Å²) in [6, 6.07) is 9.45. The number of hydrogen-bond donors (Lipinski definition) is 2. The summed E-state index contributed by atoms with van der Waals surface area (Å²) in [5.74, 6) is -0.00336. The molecule has 8 nitrogen and oxygen atoms in total. The van der Waals surface area contributed by atoms with E-state index in [1.54, 1.807) is 37.6 Å². The summed E-state index contributed by atoms with van der Waals surface area (Å²) in [6.45, 7) is 0. The van der Waals surface area contributed by atoms with E-state index in [1.165, 1.54) is 6.20 Å². The molecule has 5 rings (SSSR count). The average Bonchev–Trinajstić information content (AvgIpc) is 2.83. The Morgan fingerprint density at radius 1 is 1.00 bits per heavy atom. The first kappa shape index (κ1) is 24.9. The first-order chi connectivity index (χ1) is 17.8. The predicted molar refractivity (Wildman–Crippen MR) is 139 cm³/mol. The Morgan fingerprint density at radius 3 is 2.54 bits per heavy atom. The average molecular weight is 527 g/mol. The highest BCUT2D eigenvalue weighted by Gasteiger charge is 2.33. The molecule has 1 saturated carbocycles. The van der Waals surface area contributed by atoms with Gasteiger partial charge in [-0.25, -0.2) is 13.8 Å². The molecule has 0 amide bonds. The van der Waals surface area contributed by atoms with Crippen LogP contribution in [0, 0.1) is 11.6 Å². The van der Waals surface area contributed by atoms with Gasteiger partial charge in [-0.2, -0.15) is 4.98 Å². The molecule has 2 aromatic heterocycles. The van der Waals surface area contributed by atoms with E-state index in [1.807, 2.05) is 0 Å². The van der Waals surface area contributed by atoms with Gasteiger partial charge >= 0.3 is 0 Å². The smallest absolute Gasteiger partial charge is 0.229 e. The highest BCUT2D eigenvalue weighted by Crippen LogP contribution is 2.40. The van der Waals surface area contributed by atoms with E-state index in [2.05, 4.69) is 44.6 Å². The van der Waals surface area contributed by atoms with Crippen LogP contribution in [-0.2, 0) is 0 Å². The molecule has 0 unspecified atom stereocenters. The number of nitrogens with one attached hydrogen (secondary N) is 2. The molecule has 1 aliphatic rings. The Kier molecular flexibility index (Phi) is 6.94. The van der Waals surface area contributed by atoms with E-state index in [-0.39, 0.29) is 12.1 Å². The first-order valence-corrected chi connectivity index (χ1v) is 12.0. The van der Waals surface area contributed by atoms with Gasteiger partial charge in [-0.05, 0) is 45.1 Å². The number of halogens is 3. The number of hydrogen-bond acceptors (Lipinski definition) is 8. The lowest BCUT2D eigenvalue weighted by Gasteiger charge is -2.39. The van der Waals surface area contributed by atoms with Gasteiger partial charge < -0.3 is 25.0 Å². The van der Waals surface area contributed by atoms with Crippen LogP contribution in [0.1, 0.15) is 12.8 Å². The molecule has 2 N–H and O–H groups in total. The third kappa shape index (κ3) is 5.50. The van der Waals surface area contributed by atoms with Crippen LogP contribution in [0.4, 0.5) is 31.9 Å². The largest absolute Gasteiger partial charge is 0.493 e. The van der Waals surface area contributed by atoms with Crippen molar-refractivity contribution in [3.8, 4) is 11.5 Å². The monoisotopic (exact) mass is 526 g/mol. The highest BCUT2D eigenvalue weighted by molar-refractivity contribution is 6.33. The van der Waals surface area contributed by atoms with Crippen molar-refractivity contribution in [2.75, 3.05) is 31.8 Å². The van der Waals surface area contributed by atoms with Crippen molar-refractivity contribution in [2.24, 2.45) is 0 Å². The maximum Gasteiger partial charge on any atom is 0.229 e. The van der Waals surface area contributed by atoms with Gasteiger partial charge in [-0.3, -0.25) is 4.98 Å². The summed E-state index contributed by atoms with van der Waals surface area (Å²) in [5, 5.41) is 7.08. The number of anilines is 4. The Morgan fingerprint density at radius 2 is 1.78 bits per heavy atom. The van der Waals surface area contributed by atoms with Crippen molar-refractivity contribution in [3.63, 3.8) is 0 Å². The molecule has 0 saturated heterocycles. The molecule has 4 aromatic rings. The Bertz CT molecular complexity index is 1450. The molecule has 0 bridgehead atoms. The van der Waals surface area contributed by atoms with Crippen LogP contribution < -0.4 is 20.1 Å². The normalized spacial score (nSPS) is 16.9. The molecular weight excluding hydrogens is 502 g/mol. The van der Waals surface area contributed by atoms with E-state index in [0.29, 0.717) is 50.7 Å². The highest BCUT2D eigenvalue weighted by atomic mass is 35.5. The third-order valence-corrected chi connectivity index (χ3v) is 6.56. The lowest BCUT2D eigenvalue weighted by molar-refractivity contribution is 0.0383. The number of nitrogens with zero attached hydrogens (tertiary/aromatic N) is 4. The topological polar surface area (TPSA) is 84.4 Å². The van der Waals surface area contributed by atoms with Gasteiger partial charge in [0.15, 0.2) is 23.1 Å². The van der Waals surface area contributed by atoms with Crippen LogP contribution >= 0.6 is 11.6 Å². The number of pyridine rings is 1. The molecule has 0 spiro atoms. The minimum atomic E-state index is -0.942.